The Hall–Kier alpha value is -6.31. The summed E-state index contributed by atoms with van der Waals surface area (Å²) in [5, 5.41) is 2.68. The second-order valence-electron chi connectivity index (χ2n) is 17.0. The molecule has 0 bridgehead atoms. The number of imide groups is 1. The first-order chi connectivity index (χ1) is 31.2. The van der Waals surface area contributed by atoms with E-state index in [9.17, 15) is 32.0 Å². The number of anilines is 3. The maximum Gasteiger partial charge on any atom is 0.301 e. The van der Waals surface area contributed by atoms with Crippen molar-refractivity contribution in [2.75, 3.05) is 73.9 Å². The lowest BCUT2D eigenvalue weighted by Crippen LogP contribution is -2.52. The molecule has 3 N–H and O–H groups in total. The molecule has 0 spiro atoms. The van der Waals surface area contributed by atoms with Crippen LogP contribution in [0.25, 0.3) is 22.2 Å². The summed E-state index contributed by atoms with van der Waals surface area (Å²) in [4.78, 5) is 66.7. The number of rotatable bonds is 14. The molecule has 15 nitrogen and oxygen atoms in total. The van der Waals surface area contributed by atoms with E-state index in [1.807, 2.05) is 54.2 Å². The van der Waals surface area contributed by atoms with Crippen molar-refractivity contribution in [2.24, 2.45) is 0 Å². The zero-order valence-corrected chi connectivity index (χ0v) is 36.5. The Kier molecular flexibility index (Phi) is 12.1. The van der Waals surface area contributed by atoms with Gasteiger partial charge in [0.05, 0.1) is 11.3 Å². The number of nitrogens with zero attached hydrogens (tertiary/aromatic N) is 6. The number of halogens is 3. The van der Waals surface area contributed by atoms with Crippen molar-refractivity contribution in [1.29, 1.82) is 0 Å². The van der Waals surface area contributed by atoms with Crippen molar-refractivity contribution < 1.29 is 40.8 Å². The van der Waals surface area contributed by atoms with Crippen LogP contribution in [0.3, 0.4) is 0 Å². The molecule has 3 aromatic carbocycles. The quantitative estimate of drug-likeness (QED) is 0.0761. The van der Waals surface area contributed by atoms with E-state index in [1.165, 1.54) is 6.20 Å². The molecule has 65 heavy (non-hydrogen) atoms. The van der Waals surface area contributed by atoms with E-state index in [4.69, 9.17) is 0 Å². The maximum absolute atomic E-state index is 15.7. The smallest absolute Gasteiger partial charge is 0.301 e. The van der Waals surface area contributed by atoms with E-state index in [0.717, 1.165) is 91.0 Å². The summed E-state index contributed by atoms with van der Waals surface area (Å²) in [7, 11) is -2.31. The van der Waals surface area contributed by atoms with Gasteiger partial charge in [-0.3, -0.25) is 34.1 Å². The zero-order valence-electron chi connectivity index (χ0n) is 35.7. The van der Waals surface area contributed by atoms with Crippen molar-refractivity contribution in [3.05, 3.63) is 107 Å². The van der Waals surface area contributed by atoms with Crippen molar-refractivity contribution in [3.8, 4) is 11.1 Å². The third kappa shape index (κ3) is 8.91. The number of unbranched alkanes of at least 4 members (excludes halogenated alkanes) is 1. The van der Waals surface area contributed by atoms with Gasteiger partial charge in [0, 0.05) is 112 Å². The number of pyridine rings is 1. The molecule has 0 saturated carbocycles. The Morgan fingerprint density at radius 1 is 0.938 bits per heavy atom. The minimum Gasteiger partial charge on any atom is -0.375 e. The zero-order chi connectivity index (χ0) is 45.6. The topological polar surface area (TPSA) is 171 Å². The van der Waals surface area contributed by atoms with Gasteiger partial charge in [0.1, 0.15) is 23.7 Å². The lowest BCUT2D eigenvalue weighted by molar-refractivity contribution is -0.136. The number of carbonyl (C=O) groups is 4. The third-order valence-corrected chi connectivity index (χ3v) is 14.4. The van der Waals surface area contributed by atoms with E-state index in [1.54, 1.807) is 17.2 Å². The Balaban J connectivity index is 0.767. The van der Waals surface area contributed by atoms with Gasteiger partial charge in [-0.2, -0.15) is 12.7 Å². The predicted octanol–water partition coefficient (Wildman–Crippen LogP) is 5.24. The molecular formula is C46H48F3N9O6S. The maximum atomic E-state index is 15.7. The lowest BCUT2D eigenvalue weighted by atomic mass is 9.99. The molecule has 340 valence electrons. The molecule has 0 aliphatic carbocycles. The molecule has 6 heterocycles. The Morgan fingerprint density at radius 2 is 1.72 bits per heavy atom. The molecule has 3 saturated heterocycles. The third-order valence-electron chi connectivity index (χ3n) is 12.9. The SMILES string of the molecule is CN(CCCCN1CCN(c2ccc(-c3cnc4[nH]cc(C(=O)c5c(F)ccc(NS(=O)(=O)N6CC[C@@H](F)C6)c5F)c4c3)cc2)CC1)c1ccc2c(c1)CN(C1CCC(=O)NC1=O)C2=O. The Morgan fingerprint density at radius 3 is 2.46 bits per heavy atom. The summed E-state index contributed by atoms with van der Waals surface area (Å²) < 4.78 is 73.0. The molecule has 2 aromatic heterocycles. The van der Waals surface area contributed by atoms with Gasteiger partial charge < -0.3 is 19.7 Å². The van der Waals surface area contributed by atoms with E-state index in [0.29, 0.717) is 35.1 Å². The molecule has 4 aliphatic rings. The van der Waals surface area contributed by atoms with Gasteiger partial charge in [0.25, 0.3) is 5.91 Å². The summed E-state index contributed by atoms with van der Waals surface area (Å²) in [5.41, 5.74) is 3.77. The lowest BCUT2D eigenvalue weighted by Gasteiger charge is -2.36. The van der Waals surface area contributed by atoms with Gasteiger partial charge in [-0.05, 0) is 91.9 Å². The van der Waals surface area contributed by atoms with E-state index < -0.39 is 57.0 Å². The first-order valence-corrected chi connectivity index (χ1v) is 23.2. The van der Waals surface area contributed by atoms with Gasteiger partial charge in [-0.15, -0.1) is 0 Å². The highest BCUT2D eigenvalue weighted by molar-refractivity contribution is 7.90. The fourth-order valence-electron chi connectivity index (χ4n) is 9.14. The summed E-state index contributed by atoms with van der Waals surface area (Å²) in [6, 6.07) is 16.6. The average Bonchev–Trinajstić information content (AvgIpc) is 4.03. The molecule has 0 radical (unpaired) electrons. The van der Waals surface area contributed by atoms with Gasteiger partial charge in [0.2, 0.25) is 17.6 Å². The molecule has 19 heteroatoms. The van der Waals surface area contributed by atoms with Crippen molar-refractivity contribution >= 4 is 61.8 Å². The average molecular weight is 912 g/mol. The molecule has 3 fully saturated rings. The Labute approximate surface area is 373 Å². The summed E-state index contributed by atoms with van der Waals surface area (Å²) in [6.45, 7) is 5.24. The van der Waals surface area contributed by atoms with Gasteiger partial charge in [0.15, 0.2) is 5.82 Å². The number of nitrogens with one attached hydrogen (secondary N) is 3. The van der Waals surface area contributed by atoms with Crippen LogP contribution in [-0.2, 0) is 26.3 Å². The van der Waals surface area contributed by atoms with Crippen LogP contribution in [0.4, 0.5) is 30.2 Å². The van der Waals surface area contributed by atoms with Gasteiger partial charge in [-0.25, -0.2) is 18.2 Å². The number of hydrogen-bond donors (Lipinski definition) is 3. The monoisotopic (exact) mass is 911 g/mol. The second-order valence-corrected chi connectivity index (χ2v) is 18.7. The number of aromatic amines is 1. The highest BCUT2D eigenvalue weighted by atomic mass is 32.2. The number of H-pyrrole nitrogens is 1. The molecule has 3 amide bonds. The number of benzene rings is 3. The number of aromatic nitrogens is 2. The highest BCUT2D eigenvalue weighted by Gasteiger charge is 2.39. The summed E-state index contributed by atoms with van der Waals surface area (Å²) in [6.07, 6.45) is 4.18. The molecule has 4 aliphatic heterocycles. The molecule has 9 rings (SSSR count). The predicted molar refractivity (Wildman–Crippen MR) is 239 cm³/mol. The van der Waals surface area contributed by atoms with Crippen molar-refractivity contribution in [1.82, 2.24) is 29.4 Å². The first kappa shape index (κ1) is 43.9. The fraction of sp³-hybridized carbons (Fsp3) is 0.370. The van der Waals surface area contributed by atoms with Gasteiger partial charge >= 0.3 is 10.2 Å². The number of piperidine rings is 1. The van der Waals surface area contributed by atoms with Crippen molar-refractivity contribution in [3.63, 3.8) is 0 Å². The standard InChI is InChI=1S/C46H48F3N9O6S/c1-54(33-8-9-34-30(22-33)26-58(46(34)62)39-12-13-40(59)52-45(39)61)15-2-3-16-55-18-20-56(21-19-55)32-6-4-28(5-7-32)29-23-35-36(25-51-44(35)50-24-29)43(60)41-37(48)10-11-38(42(41)49)53-65(63,64)57-17-14-31(47)27-57/h4-11,22-25,31,39,53H,2-3,12-21,26-27H2,1H3,(H,50,51)(H,52,59,61)/t31-,39?/m1/s1. The van der Waals surface area contributed by atoms with E-state index in [2.05, 4.69) is 30.0 Å². The van der Waals surface area contributed by atoms with Gasteiger partial charge in [-0.1, -0.05) is 12.1 Å². The first-order valence-electron chi connectivity index (χ1n) is 21.7. The minimum atomic E-state index is -4.36. The van der Waals surface area contributed by atoms with Crippen LogP contribution in [-0.4, -0.2) is 128 Å². The molecular weight excluding hydrogens is 864 g/mol. The van der Waals surface area contributed by atoms with Crippen LogP contribution in [0.1, 0.15) is 63.9 Å². The van der Waals surface area contributed by atoms with Crippen LogP contribution in [0.2, 0.25) is 0 Å². The van der Waals surface area contributed by atoms with Crippen LogP contribution in [0, 0.1) is 11.6 Å². The molecule has 1 unspecified atom stereocenters. The number of alkyl halides is 1. The number of fused-ring (bicyclic) bond motifs is 2. The van der Waals surface area contributed by atoms with Crippen molar-refractivity contribution in [2.45, 2.75) is 50.9 Å². The number of hydrogen-bond acceptors (Lipinski definition) is 10. The molecule has 2 atom stereocenters. The van der Waals surface area contributed by atoms with E-state index >= 15 is 8.78 Å². The second kappa shape index (κ2) is 17.9. The fourth-order valence-corrected chi connectivity index (χ4v) is 10.4. The highest BCUT2D eigenvalue weighted by Crippen LogP contribution is 2.33. The van der Waals surface area contributed by atoms with Crippen LogP contribution >= 0.6 is 0 Å². The number of piperazine rings is 1. The number of ketones is 1. The summed E-state index contributed by atoms with van der Waals surface area (Å²) in [5.74, 6) is -4.46. The summed E-state index contributed by atoms with van der Waals surface area (Å²) >= 11 is 0. The largest absolute Gasteiger partial charge is 0.375 e. The van der Waals surface area contributed by atoms with Crippen LogP contribution in [0.5, 0.6) is 0 Å². The van der Waals surface area contributed by atoms with Crippen LogP contribution in [0.15, 0.2) is 73.1 Å². The number of amides is 3. The minimum absolute atomic E-state index is 0.00243. The normalized spacial score (nSPS) is 19.5. The Bertz CT molecular complexity index is 2800. The van der Waals surface area contributed by atoms with Crippen LogP contribution < -0.4 is 19.8 Å². The molecule has 5 aromatic rings. The van der Waals surface area contributed by atoms with E-state index in [-0.39, 0.29) is 43.3 Å². The number of carbonyl (C=O) groups excluding carboxylic acids is 4.